The highest BCUT2D eigenvalue weighted by Crippen LogP contribution is 2.29. The molecule has 0 bridgehead atoms. The number of nitrogens with zero attached hydrogens (tertiary/aromatic N) is 3. The number of hydrogen-bond donors (Lipinski definition) is 1. The number of carbonyl (C=O) groups is 1. The minimum Gasteiger partial charge on any atom is -0.348 e. The van der Waals surface area contributed by atoms with Gasteiger partial charge in [-0.05, 0) is 93.3 Å². The van der Waals surface area contributed by atoms with Crippen LogP contribution in [0.4, 0.5) is 4.39 Å². The van der Waals surface area contributed by atoms with Gasteiger partial charge in [0.1, 0.15) is 5.82 Å². The van der Waals surface area contributed by atoms with Gasteiger partial charge < -0.3 is 5.32 Å². The Morgan fingerprint density at radius 2 is 1.39 bits per heavy atom. The Morgan fingerprint density at radius 3 is 1.94 bits per heavy atom. The number of amides is 1. The molecule has 0 aliphatic carbocycles. The second-order valence-corrected chi connectivity index (χ2v) is 8.92. The maximum atomic E-state index is 13.7. The minimum atomic E-state index is -0.362. The molecule has 7 heteroatoms. The minimum absolute atomic E-state index is 0.232. The van der Waals surface area contributed by atoms with Gasteiger partial charge in [0.2, 0.25) is 0 Å². The van der Waals surface area contributed by atoms with Crippen molar-refractivity contribution in [1.82, 2.24) is 20.3 Å². The number of benzene rings is 2. The van der Waals surface area contributed by atoms with E-state index in [1.165, 1.54) is 6.07 Å². The van der Waals surface area contributed by atoms with Crippen molar-refractivity contribution in [2.75, 3.05) is 0 Å². The van der Waals surface area contributed by atoms with Crippen LogP contribution in [0.25, 0.3) is 33.9 Å². The number of hydrogen-bond acceptors (Lipinski definition) is 4. The second-order valence-electron chi connectivity index (χ2n) is 8.06. The van der Waals surface area contributed by atoms with Crippen LogP contribution in [0.5, 0.6) is 0 Å². The molecular formula is C29H20BrFN4O. The molecule has 0 radical (unpaired) electrons. The molecule has 0 spiro atoms. The van der Waals surface area contributed by atoms with Gasteiger partial charge in [-0.1, -0.05) is 30.3 Å². The van der Waals surface area contributed by atoms with E-state index in [-0.39, 0.29) is 18.3 Å². The Bertz CT molecular complexity index is 1450. The van der Waals surface area contributed by atoms with Gasteiger partial charge in [0.25, 0.3) is 5.91 Å². The third-order valence-electron chi connectivity index (χ3n) is 5.60. The van der Waals surface area contributed by atoms with Crippen LogP contribution in [-0.4, -0.2) is 20.9 Å². The summed E-state index contributed by atoms with van der Waals surface area (Å²) in [4.78, 5) is 26.3. The van der Waals surface area contributed by atoms with Gasteiger partial charge in [0.05, 0.1) is 27.2 Å². The standard InChI is InChI=1S/C29H20BrFN4O/c30-23-12-7-19(15-24(23)31)18-34-29(36)21-10-8-20(9-11-21)22-16-27(25-5-1-3-13-32-25)35-28(17-22)26-6-2-4-14-33-26/h1-17H,18H2,(H,34,36). The highest BCUT2D eigenvalue weighted by molar-refractivity contribution is 9.10. The van der Waals surface area contributed by atoms with Crippen molar-refractivity contribution in [3.63, 3.8) is 0 Å². The summed E-state index contributed by atoms with van der Waals surface area (Å²) in [6, 6.07) is 27.5. The van der Waals surface area contributed by atoms with E-state index < -0.39 is 0 Å². The molecule has 1 amide bonds. The average molecular weight is 539 g/mol. The lowest BCUT2D eigenvalue weighted by molar-refractivity contribution is 0.0951. The summed E-state index contributed by atoms with van der Waals surface area (Å²) in [6.45, 7) is 0.232. The Kier molecular flexibility index (Phi) is 6.91. The van der Waals surface area contributed by atoms with E-state index in [1.807, 2.05) is 60.7 Å². The molecule has 0 aliphatic heterocycles. The van der Waals surface area contributed by atoms with Crippen LogP contribution in [0, 0.1) is 5.82 Å². The molecule has 0 saturated carbocycles. The van der Waals surface area contributed by atoms with Gasteiger partial charge in [0.15, 0.2) is 0 Å². The average Bonchev–Trinajstić information content (AvgIpc) is 2.94. The first-order valence-corrected chi connectivity index (χ1v) is 12.0. The lowest BCUT2D eigenvalue weighted by atomic mass is 10.0. The highest BCUT2D eigenvalue weighted by Gasteiger charge is 2.12. The number of halogens is 2. The van der Waals surface area contributed by atoms with Gasteiger partial charge in [0, 0.05) is 24.5 Å². The summed E-state index contributed by atoms with van der Waals surface area (Å²) < 4.78 is 14.1. The van der Waals surface area contributed by atoms with Gasteiger partial charge >= 0.3 is 0 Å². The lowest BCUT2D eigenvalue weighted by Gasteiger charge is -2.10. The SMILES string of the molecule is O=C(NCc1ccc(Br)c(F)c1)c1ccc(-c2cc(-c3ccccn3)nc(-c3ccccn3)c2)cc1. The van der Waals surface area contributed by atoms with Crippen molar-refractivity contribution in [3.05, 3.63) is 125 Å². The van der Waals surface area contributed by atoms with Crippen molar-refractivity contribution in [3.8, 4) is 33.9 Å². The fraction of sp³-hybridized carbons (Fsp3) is 0.0345. The highest BCUT2D eigenvalue weighted by atomic mass is 79.9. The van der Waals surface area contributed by atoms with Crippen molar-refractivity contribution in [2.24, 2.45) is 0 Å². The topological polar surface area (TPSA) is 67.8 Å². The molecule has 5 aromatic rings. The van der Waals surface area contributed by atoms with Gasteiger partial charge in [-0.3, -0.25) is 14.8 Å². The normalized spacial score (nSPS) is 10.7. The predicted molar refractivity (Wildman–Crippen MR) is 141 cm³/mol. The number of carbonyl (C=O) groups excluding carboxylic acids is 1. The van der Waals surface area contributed by atoms with Crippen LogP contribution < -0.4 is 5.32 Å². The first-order valence-electron chi connectivity index (χ1n) is 11.2. The summed E-state index contributed by atoms with van der Waals surface area (Å²) in [7, 11) is 0. The van der Waals surface area contributed by atoms with Crippen LogP contribution in [-0.2, 0) is 6.54 Å². The van der Waals surface area contributed by atoms with Crippen molar-refractivity contribution >= 4 is 21.8 Å². The molecule has 5 rings (SSSR count). The third-order valence-corrected chi connectivity index (χ3v) is 6.24. The zero-order chi connectivity index (χ0) is 24.9. The molecule has 176 valence electrons. The number of aromatic nitrogens is 3. The van der Waals surface area contributed by atoms with E-state index in [9.17, 15) is 9.18 Å². The van der Waals surface area contributed by atoms with E-state index >= 15 is 0 Å². The molecule has 3 aromatic heterocycles. The Labute approximate surface area is 216 Å². The monoisotopic (exact) mass is 538 g/mol. The molecule has 36 heavy (non-hydrogen) atoms. The zero-order valence-electron chi connectivity index (χ0n) is 19.0. The molecule has 0 saturated heterocycles. The smallest absolute Gasteiger partial charge is 0.251 e. The molecule has 0 aliphatic rings. The van der Waals surface area contributed by atoms with E-state index in [4.69, 9.17) is 4.98 Å². The fourth-order valence-electron chi connectivity index (χ4n) is 3.74. The third kappa shape index (κ3) is 5.37. The van der Waals surface area contributed by atoms with Crippen LogP contribution in [0.15, 0.2) is 108 Å². The first-order chi connectivity index (χ1) is 17.6. The molecule has 3 heterocycles. The predicted octanol–water partition coefficient (Wildman–Crippen LogP) is 6.70. The number of nitrogens with one attached hydrogen (secondary N) is 1. The largest absolute Gasteiger partial charge is 0.348 e. The van der Waals surface area contributed by atoms with Crippen LogP contribution in [0.1, 0.15) is 15.9 Å². The van der Waals surface area contributed by atoms with Crippen LogP contribution in [0.2, 0.25) is 0 Å². The van der Waals surface area contributed by atoms with E-state index in [0.29, 0.717) is 15.6 Å². The first kappa shape index (κ1) is 23.5. The molecule has 0 atom stereocenters. The maximum absolute atomic E-state index is 13.7. The fourth-order valence-corrected chi connectivity index (χ4v) is 3.98. The van der Waals surface area contributed by atoms with Crippen molar-refractivity contribution < 1.29 is 9.18 Å². The summed E-state index contributed by atoms with van der Waals surface area (Å²) >= 11 is 3.13. The van der Waals surface area contributed by atoms with Crippen molar-refractivity contribution in [2.45, 2.75) is 6.54 Å². The summed E-state index contributed by atoms with van der Waals surface area (Å²) in [5.41, 5.74) is 6.05. The molecule has 5 nitrogen and oxygen atoms in total. The lowest BCUT2D eigenvalue weighted by Crippen LogP contribution is -2.22. The van der Waals surface area contributed by atoms with Gasteiger partial charge in [-0.2, -0.15) is 0 Å². The van der Waals surface area contributed by atoms with E-state index in [0.717, 1.165) is 33.9 Å². The molecule has 0 unspecified atom stereocenters. The zero-order valence-corrected chi connectivity index (χ0v) is 20.6. The number of pyridine rings is 3. The quantitative estimate of drug-likeness (QED) is 0.261. The summed E-state index contributed by atoms with van der Waals surface area (Å²) in [5, 5.41) is 2.83. The van der Waals surface area contributed by atoms with E-state index in [2.05, 4.69) is 31.2 Å². The van der Waals surface area contributed by atoms with Gasteiger partial charge in [-0.25, -0.2) is 9.37 Å². The maximum Gasteiger partial charge on any atom is 0.251 e. The van der Waals surface area contributed by atoms with Crippen molar-refractivity contribution in [1.29, 1.82) is 0 Å². The second kappa shape index (κ2) is 10.6. The van der Waals surface area contributed by atoms with Crippen LogP contribution in [0.3, 0.4) is 0 Å². The number of rotatable bonds is 6. The van der Waals surface area contributed by atoms with E-state index in [1.54, 1.807) is 36.7 Å². The van der Waals surface area contributed by atoms with Crippen LogP contribution >= 0.6 is 15.9 Å². The summed E-state index contributed by atoms with van der Waals surface area (Å²) in [5.74, 6) is -0.596. The molecular weight excluding hydrogens is 519 g/mol. The molecule has 2 aromatic carbocycles. The summed E-state index contributed by atoms with van der Waals surface area (Å²) in [6.07, 6.45) is 3.47. The van der Waals surface area contributed by atoms with Gasteiger partial charge in [-0.15, -0.1) is 0 Å². The molecule has 1 N–H and O–H groups in total. The Hall–Kier alpha value is -4.23. The Balaban J connectivity index is 1.41. The molecule has 0 fully saturated rings. The Morgan fingerprint density at radius 1 is 0.750 bits per heavy atom.